The van der Waals surface area contributed by atoms with Crippen molar-refractivity contribution in [3.05, 3.63) is 29.8 Å². The van der Waals surface area contributed by atoms with Gasteiger partial charge in [0.25, 0.3) is 0 Å². The van der Waals surface area contributed by atoms with Crippen molar-refractivity contribution in [2.24, 2.45) is 11.8 Å². The summed E-state index contributed by atoms with van der Waals surface area (Å²) in [4.78, 5) is 23.8. The molecule has 0 unspecified atom stereocenters. The summed E-state index contributed by atoms with van der Waals surface area (Å²) in [5.74, 6) is -2.51. The zero-order valence-corrected chi connectivity index (χ0v) is 11.2. The largest absolute Gasteiger partial charge is 0.481 e. The molecule has 0 spiro atoms. The van der Waals surface area contributed by atoms with Gasteiger partial charge in [0.1, 0.15) is 0 Å². The molecule has 5 heteroatoms. The predicted molar refractivity (Wildman–Crippen MR) is 72.3 cm³/mol. The van der Waals surface area contributed by atoms with Gasteiger partial charge in [-0.3, -0.25) is 9.59 Å². The monoisotopic (exact) mass is 275 g/mol. The summed E-state index contributed by atoms with van der Waals surface area (Å²) in [6.45, 7) is 1.90. The lowest BCUT2D eigenvalue weighted by atomic mass is 9.78. The van der Waals surface area contributed by atoms with E-state index in [1.807, 2.05) is 31.2 Å². The van der Waals surface area contributed by atoms with E-state index in [2.05, 4.69) is 5.32 Å². The molecule has 2 aliphatic heterocycles. The molecule has 1 amide bonds. The van der Waals surface area contributed by atoms with Crippen molar-refractivity contribution < 1.29 is 19.4 Å². The van der Waals surface area contributed by atoms with E-state index in [4.69, 9.17) is 4.74 Å². The molecule has 0 radical (unpaired) electrons. The Morgan fingerprint density at radius 2 is 1.85 bits per heavy atom. The highest BCUT2D eigenvalue weighted by Gasteiger charge is 2.55. The van der Waals surface area contributed by atoms with Gasteiger partial charge < -0.3 is 15.2 Å². The number of carboxylic acids is 1. The van der Waals surface area contributed by atoms with Crippen LogP contribution in [0.2, 0.25) is 0 Å². The number of benzene rings is 1. The number of fused-ring (bicyclic) bond motifs is 2. The first-order valence-electron chi connectivity index (χ1n) is 6.82. The highest BCUT2D eigenvalue weighted by atomic mass is 16.5. The average Bonchev–Trinajstić information content (AvgIpc) is 3.01. The van der Waals surface area contributed by atoms with Crippen LogP contribution in [0.1, 0.15) is 18.4 Å². The minimum absolute atomic E-state index is 0.251. The first kappa shape index (κ1) is 13.1. The number of aliphatic carboxylic acids is 1. The molecule has 3 rings (SSSR count). The molecule has 0 saturated carbocycles. The average molecular weight is 275 g/mol. The van der Waals surface area contributed by atoms with Crippen LogP contribution in [0.4, 0.5) is 5.69 Å². The molecule has 2 aliphatic rings. The fourth-order valence-electron chi connectivity index (χ4n) is 3.25. The lowest BCUT2D eigenvalue weighted by Gasteiger charge is -2.24. The number of aryl methyl sites for hydroxylation is 1. The molecule has 1 aromatic carbocycles. The number of rotatable bonds is 3. The standard InChI is InChI=1S/C15H17NO4/c1-8-4-2-3-5-9(8)16-14(17)12-10-6-7-11(20-10)13(12)15(18)19/h2-5,10-13H,6-7H2,1H3,(H,16,17)(H,18,19)/t10-,11-,12+,13+/m1/s1. The third kappa shape index (κ3) is 2.08. The Labute approximate surface area is 116 Å². The van der Waals surface area contributed by atoms with Gasteiger partial charge in [0.15, 0.2) is 0 Å². The second-order valence-corrected chi connectivity index (χ2v) is 5.48. The second-order valence-electron chi connectivity index (χ2n) is 5.48. The smallest absolute Gasteiger partial charge is 0.310 e. The summed E-state index contributed by atoms with van der Waals surface area (Å²) >= 11 is 0. The molecule has 2 fully saturated rings. The molecule has 5 nitrogen and oxygen atoms in total. The van der Waals surface area contributed by atoms with Crippen LogP contribution in [0.3, 0.4) is 0 Å². The Balaban J connectivity index is 1.80. The molecule has 20 heavy (non-hydrogen) atoms. The number of ether oxygens (including phenoxy) is 1. The number of carboxylic acid groups (broad SMARTS) is 1. The van der Waals surface area contributed by atoms with E-state index < -0.39 is 17.8 Å². The molecule has 0 aliphatic carbocycles. The van der Waals surface area contributed by atoms with E-state index in [9.17, 15) is 14.7 Å². The number of hydrogen-bond acceptors (Lipinski definition) is 3. The van der Waals surface area contributed by atoms with E-state index in [1.54, 1.807) is 0 Å². The molecule has 2 bridgehead atoms. The normalized spacial score (nSPS) is 31.2. The molecular formula is C15H17NO4. The Morgan fingerprint density at radius 1 is 1.20 bits per heavy atom. The summed E-state index contributed by atoms with van der Waals surface area (Å²) in [5.41, 5.74) is 1.68. The van der Waals surface area contributed by atoms with Gasteiger partial charge in [-0.2, -0.15) is 0 Å². The number of hydrogen-bond donors (Lipinski definition) is 2. The van der Waals surface area contributed by atoms with Crippen LogP contribution in [0, 0.1) is 18.8 Å². The number of para-hydroxylation sites is 1. The Bertz CT molecular complexity index is 557. The molecule has 0 aromatic heterocycles. The molecule has 2 N–H and O–H groups in total. The fraction of sp³-hybridized carbons (Fsp3) is 0.467. The van der Waals surface area contributed by atoms with E-state index in [0.717, 1.165) is 24.1 Å². The Hall–Kier alpha value is -1.88. The number of anilines is 1. The maximum absolute atomic E-state index is 12.4. The van der Waals surface area contributed by atoms with Gasteiger partial charge in [0.2, 0.25) is 5.91 Å². The van der Waals surface area contributed by atoms with Crippen LogP contribution < -0.4 is 5.32 Å². The first-order valence-corrected chi connectivity index (χ1v) is 6.82. The van der Waals surface area contributed by atoms with Crippen molar-refractivity contribution in [3.63, 3.8) is 0 Å². The van der Waals surface area contributed by atoms with E-state index in [1.165, 1.54) is 0 Å². The summed E-state index contributed by atoms with van der Waals surface area (Å²) in [6.07, 6.45) is 0.922. The SMILES string of the molecule is Cc1ccccc1NC(=O)[C@@H]1[C@@H](C(=O)O)[C@H]2CC[C@H]1O2. The van der Waals surface area contributed by atoms with Gasteiger partial charge in [-0.25, -0.2) is 0 Å². The first-order chi connectivity index (χ1) is 9.58. The van der Waals surface area contributed by atoms with Gasteiger partial charge in [0, 0.05) is 5.69 Å². The van der Waals surface area contributed by atoms with Crippen molar-refractivity contribution in [1.29, 1.82) is 0 Å². The number of amides is 1. The minimum Gasteiger partial charge on any atom is -0.481 e. The van der Waals surface area contributed by atoms with Gasteiger partial charge in [-0.05, 0) is 31.4 Å². The third-order valence-corrected chi connectivity index (χ3v) is 4.26. The summed E-state index contributed by atoms with van der Waals surface area (Å²) in [6, 6.07) is 7.46. The van der Waals surface area contributed by atoms with E-state index in [0.29, 0.717) is 0 Å². The van der Waals surface area contributed by atoms with E-state index >= 15 is 0 Å². The molecule has 2 heterocycles. The van der Waals surface area contributed by atoms with Crippen LogP contribution >= 0.6 is 0 Å². The maximum atomic E-state index is 12.4. The van der Waals surface area contributed by atoms with Crippen LogP contribution in [-0.4, -0.2) is 29.2 Å². The van der Waals surface area contributed by atoms with Crippen molar-refractivity contribution in [1.82, 2.24) is 0 Å². The zero-order chi connectivity index (χ0) is 14.3. The van der Waals surface area contributed by atoms with Gasteiger partial charge in [-0.1, -0.05) is 18.2 Å². The predicted octanol–water partition coefficient (Wildman–Crippen LogP) is 1.81. The molecule has 106 valence electrons. The summed E-state index contributed by atoms with van der Waals surface area (Å²) in [7, 11) is 0. The van der Waals surface area contributed by atoms with Crippen molar-refractivity contribution >= 4 is 17.6 Å². The summed E-state index contributed by atoms with van der Waals surface area (Å²) < 4.78 is 5.61. The number of carbonyl (C=O) groups is 2. The van der Waals surface area contributed by atoms with Crippen LogP contribution in [0.15, 0.2) is 24.3 Å². The topological polar surface area (TPSA) is 75.6 Å². The molecule has 1 aromatic rings. The second kappa shape index (κ2) is 4.90. The Kier molecular flexibility index (Phi) is 3.22. The van der Waals surface area contributed by atoms with E-state index in [-0.39, 0.29) is 18.1 Å². The van der Waals surface area contributed by atoms with Crippen molar-refractivity contribution in [3.8, 4) is 0 Å². The number of nitrogens with one attached hydrogen (secondary N) is 1. The highest BCUT2D eigenvalue weighted by Crippen LogP contribution is 2.44. The Morgan fingerprint density at radius 3 is 2.50 bits per heavy atom. The van der Waals surface area contributed by atoms with Gasteiger partial charge in [0.05, 0.1) is 24.0 Å². The maximum Gasteiger partial charge on any atom is 0.310 e. The van der Waals surface area contributed by atoms with Crippen LogP contribution in [-0.2, 0) is 14.3 Å². The molecular weight excluding hydrogens is 258 g/mol. The third-order valence-electron chi connectivity index (χ3n) is 4.26. The lowest BCUT2D eigenvalue weighted by Crippen LogP contribution is -2.41. The van der Waals surface area contributed by atoms with Crippen LogP contribution in [0.5, 0.6) is 0 Å². The fourth-order valence-corrected chi connectivity index (χ4v) is 3.25. The van der Waals surface area contributed by atoms with Gasteiger partial charge >= 0.3 is 5.97 Å². The van der Waals surface area contributed by atoms with Crippen molar-refractivity contribution in [2.75, 3.05) is 5.32 Å². The molecule has 4 atom stereocenters. The van der Waals surface area contributed by atoms with Crippen molar-refractivity contribution in [2.45, 2.75) is 32.0 Å². The lowest BCUT2D eigenvalue weighted by molar-refractivity contribution is -0.147. The number of carbonyl (C=O) groups excluding carboxylic acids is 1. The zero-order valence-electron chi connectivity index (χ0n) is 11.2. The van der Waals surface area contributed by atoms with Gasteiger partial charge in [-0.15, -0.1) is 0 Å². The highest BCUT2D eigenvalue weighted by molar-refractivity contribution is 5.96. The van der Waals surface area contributed by atoms with Crippen LogP contribution in [0.25, 0.3) is 0 Å². The summed E-state index contributed by atoms with van der Waals surface area (Å²) in [5, 5.41) is 12.2. The minimum atomic E-state index is -0.942. The molecule has 2 saturated heterocycles. The quantitative estimate of drug-likeness (QED) is 0.882.